The van der Waals surface area contributed by atoms with Gasteiger partial charge in [0.15, 0.2) is 0 Å². The quantitative estimate of drug-likeness (QED) is 0.768. The van der Waals surface area contributed by atoms with Gasteiger partial charge in [-0.2, -0.15) is 0 Å². The summed E-state index contributed by atoms with van der Waals surface area (Å²) in [5, 5.41) is 0. The van der Waals surface area contributed by atoms with Gasteiger partial charge in [0.1, 0.15) is 12.4 Å². The Balaban J connectivity index is 2.73. The van der Waals surface area contributed by atoms with E-state index in [2.05, 4.69) is 4.72 Å². The molecule has 6 heteroatoms. The van der Waals surface area contributed by atoms with Crippen LogP contribution in [-0.4, -0.2) is 27.1 Å². The van der Waals surface area contributed by atoms with Crippen LogP contribution in [0.3, 0.4) is 0 Å². The van der Waals surface area contributed by atoms with Crippen molar-refractivity contribution >= 4 is 10.0 Å². The van der Waals surface area contributed by atoms with Gasteiger partial charge in [-0.15, -0.1) is 0 Å². The third-order valence-corrected chi connectivity index (χ3v) is 4.96. The van der Waals surface area contributed by atoms with Crippen LogP contribution < -0.4 is 15.2 Å². The fraction of sp³-hybridized carbons (Fsp3) is 0.571. The molecule has 0 unspecified atom stereocenters. The summed E-state index contributed by atoms with van der Waals surface area (Å²) in [5.41, 5.74) is 5.81. The second-order valence-corrected chi connectivity index (χ2v) is 6.60. The standard InChI is InChI=1S/C14H24N2O3S/c1-4-14(15,5-2)11-19-12-7-9-13(10-8-12)20(17,18)16-6-3/h7-10,16H,4-6,11,15H2,1-3H3. The van der Waals surface area contributed by atoms with Crippen LogP contribution in [0.5, 0.6) is 5.75 Å². The molecule has 0 aliphatic heterocycles. The number of hydrogen-bond donors (Lipinski definition) is 2. The first-order valence-electron chi connectivity index (χ1n) is 6.88. The summed E-state index contributed by atoms with van der Waals surface area (Å²) < 4.78 is 31.6. The lowest BCUT2D eigenvalue weighted by molar-refractivity contribution is 0.207. The molecule has 0 fully saturated rings. The molecule has 0 saturated heterocycles. The van der Waals surface area contributed by atoms with Crippen molar-refractivity contribution in [2.24, 2.45) is 5.73 Å². The molecule has 0 atom stereocenters. The molecule has 1 rings (SSSR count). The summed E-state index contributed by atoms with van der Waals surface area (Å²) in [6.07, 6.45) is 1.66. The Labute approximate surface area is 121 Å². The average Bonchev–Trinajstić information content (AvgIpc) is 2.45. The minimum absolute atomic E-state index is 0.233. The zero-order valence-corrected chi connectivity index (χ0v) is 13.2. The Morgan fingerprint density at radius 3 is 2.15 bits per heavy atom. The minimum atomic E-state index is -3.41. The maximum absolute atomic E-state index is 11.8. The Morgan fingerprint density at radius 1 is 1.15 bits per heavy atom. The number of hydrogen-bond acceptors (Lipinski definition) is 4. The SMILES string of the molecule is CCNS(=O)(=O)c1ccc(OCC(N)(CC)CC)cc1. The van der Waals surface area contributed by atoms with Crippen molar-refractivity contribution in [3.8, 4) is 5.75 Å². The van der Waals surface area contributed by atoms with E-state index in [4.69, 9.17) is 10.5 Å². The van der Waals surface area contributed by atoms with Crippen LogP contribution in [0.1, 0.15) is 33.6 Å². The Kier molecular flexibility index (Phi) is 5.98. The summed E-state index contributed by atoms with van der Waals surface area (Å²) >= 11 is 0. The fourth-order valence-corrected chi connectivity index (χ4v) is 2.71. The normalized spacial score (nSPS) is 12.4. The van der Waals surface area contributed by atoms with Gasteiger partial charge in [-0.3, -0.25) is 0 Å². The molecule has 0 aliphatic carbocycles. The zero-order valence-electron chi connectivity index (χ0n) is 12.3. The zero-order chi connectivity index (χ0) is 15.2. The molecular formula is C14H24N2O3S. The van der Waals surface area contributed by atoms with E-state index in [-0.39, 0.29) is 10.4 Å². The van der Waals surface area contributed by atoms with Crippen LogP contribution in [0.25, 0.3) is 0 Å². The molecule has 0 bridgehead atoms. The molecule has 0 aromatic heterocycles. The van der Waals surface area contributed by atoms with Gasteiger partial charge in [-0.05, 0) is 37.1 Å². The molecule has 0 radical (unpaired) electrons. The lowest BCUT2D eigenvalue weighted by atomic mass is 9.96. The van der Waals surface area contributed by atoms with Gasteiger partial charge in [-0.1, -0.05) is 20.8 Å². The Morgan fingerprint density at radius 2 is 1.70 bits per heavy atom. The first-order chi connectivity index (χ1) is 9.37. The summed E-state index contributed by atoms with van der Waals surface area (Å²) in [6, 6.07) is 6.36. The molecule has 114 valence electrons. The number of sulfonamides is 1. The number of benzene rings is 1. The van der Waals surface area contributed by atoms with Gasteiger partial charge in [-0.25, -0.2) is 13.1 Å². The molecule has 3 N–H and O–H groups in total. The highest BCUT2D eigenvalue weighted by atomic mass is 32.2. The Hall–Kier alpha value is -1.11. The van der Waals surface area contributed by atoms with Crippen molar-refractivity contribution < 1.29 is 13.2 Å². The molecule has 0 spiro atoms. The van der Waals surface area contributed by atoms with Crippen molar-refractivity contribution in [3.63, 3.8) is 0 Å². The number of ether oxygens (including phenoxy) is 1. The maximum Gasteiger partial charge on any atom is 0.240 e. The van der Waals surface area contributed by atoms with Gasteiger partial charge in [0.05, 0.1) is 4.90 Å². The third-order valence-electron chi connectivity index (χ3n) is 3.40. The van der Waals surface area contributed by atoms with Gasteiger partial charge in [0, 0.05) is 12.1 Å². The van der Waals surface area contributed by atoms with Crippen molar-refractivity contribution in [2.75, 3.05) is 13.2 Å². The number of rotatable bonds is 8. The van der Waals surface area contributed by atoms with Crippen LogP contribution in [0.4, 0.5) is 0 Å². The van der Waals surface area contributed by atoms with E-state index >= 15 is 0 Å². The molecule has 0 aliphatic rings. The second kappa shape index (κ2) is 7.06. The minimum Gasteiger partial charge on any atom is -0.492 e. The first-order valence-corrected chi connectivity index (χ1v) is 8.36. The summed E-state index contributed by atoms with van der Waals surface area (Å²) in [4.78, 5) is 0.233. The summed E-state index contributed by atoms with van der Waals surface area (Å²) in [5.74, 6) is 0.622. The third kappa shape index (κ3) is 4.47. The monoisotopic (exact) mass is 300 g/mol. The molecule has 1 aromatic carbocycles. The lowest BCUT2D eigenvalue weighted by Crippen LogP contribution is -2.44. The summed E-state index contributed by atoms with van der Waals surface area (Å²) in [6.45, 7) is 6.58. The first kappa shape index (κ1) is 16.9. The second-order valence-electron chi connectivity index (χ2n) is 4.83. The highest BCUT2D eigenvalue weighted by molar-refractivity contribution is 7.89. The van der Waals surface area contributed by atoms with Crippen molar-refractivity contribution in [3.05, 3.63) is 24.3 Å². The summed E-state index contributed by atoms with van der Waals surface area (Å²) in [7, 11) is -3.41. The highest BCUT2D eigenvalue weighted by Crippen LogP contribution is 2.18. The van der Waals surface area contributed by atoms with Crippen LogP contribution in [-0.2, 0) is 10.0 Å². The van der Waals surface area contributed by atoms with Crippen molar-refractivity contribution in [1.29, 1.82) is 0 Å². The van der Waals surface area contributed by atoms with E-state index in [1.165, 1.54) is 12.1 Å². The van der Waals surface area contributed by atoms with Crippen LogP contribution in [0, 0.1) is 0 Å². The smallest absolute Gasteiger partial charge is 0.240 e. The largest absolute Gasteiger partial charge is 0.492 e. The van der Waals surface area contributed by atoms with E-state index in [0.29, 0.717) is 18.9 Å². The highest BCUT2D eigenvalue weighted by Gasteiger charge is 2.21. The molecule has 0 amide bonds. The van der Waals surface area contributed by atoms with Gasteiger partial charge in [0.2, 0.25) is 10.0 Å². The van der Waals surface area contributed by atoms with E-state index in [9.17, 15) is 8.42 Å². The molecule has 5 nitrogen and oxygen atoms in total. The fourth-order valence-electron chi connectivity index (χ4n) is 1.67. The lowest BCUT2D eigenvalue weighted by Gasteiger charge is -2.26. The molecule has 0 saturated carbocycles. The Bertz CT molecular complexity index is 508. The van der Waals surface area contributed by atoms with Crippen molar-refractivity contribution in [2.45, 2.75) is 44.0 Å². The predicted molar refractivity (Wildman–Crippen MR) is 80.3 cm³/mol. The predicted octanol–water partition coefficient (Wildman–Crippen LogP) is 1.88. The van der Waals surface area contributed by atoms with Gasteiger partial charge in [0.25, 0.3) is 0 Å². The number of nitrogens with one attached hydrogen (secondary N) is 1. The van der Waals surface area contributed by atoms with Crippen molar-refractivity contribution in [1.82, 2.24) is 4.72 Å². The van der Waals surface area contributed by atoms with E-state index in [1.54, 1.807) is 19.1 Å². The molecule has 20 heavy (non-hydrogen) atoms. The van der Waals surface area contributed by atoms with Crippen LogP contribution in [0.15, 0.2) is 29.2 Å². The average molecular weight is 300 g/mol. The molecule has 1 aromatic rings. The molecular weight excluding hydrogens is 276 g/mol. The topological polar surface area (TPSA) is 81.4 Å². The number of nitrogens with two attached hydrogens (primary N) is 1. The maximum atomic E-state index is 11.8. The van der Waals surface area contributed by atoms with Gasteiger partial charge < -0.3 is 10.5 Å². The van der Waals surface area contributed by atoms with E-state index in [0.717, 1.165) is 12.8 Å². The van der Waals surface area contributed by atoms with E-state index < -0.39 is 10.0 Å². The van der Waals surface area contributed by atoms with Crippen LogP contribution in [0.2, 0.25) is 0 Å². The van der Waals surface area contributed by atoms with Crippen LogP contribution >= 0.6 is 0 Å². The van der Waals surface area contributed by atoms with E-state index in [1.807, 2.05) is 13.8 Å². The molecule has 0 heterocycles. The van der Waals surface area contributed by atoms with Gasteiger partial charge >= 0.3 is 0 Å².